The fraction of sp³-hybridized carbons (Fsp3) is 0.125. The Balaban J connectivity index is 1.36. The van der Waals surface area contributed by atoms with Gasteiger partial charge in [-0.05, 0) is 55.8 Å². The lowest BCUT2D eigenvalue weighted by Gasteiger charge is -2.08. The molecule has 3 N–H and O–H groups in total. The van der Waals surface area contributed by atoms with Crippen LogP contribution in [-0.4, -0.2) is 22.7 Å². The summed E-state index contributed by atoms with van der Waals surface area (Å²) in [5, 5.41) is 7.88. The molecule has 4 aromatic rings. The van der Waals surface area contributed by atoms with E-state index in [0.29, 0.717) is 11.8 Å². The van der Waals surface area contributed by atoms with Crippen molar-refractivity contribution in [2.24, 2.45) is 0 Å². The third-order valence-electron chi connectivity index (χ3n) is 4.79. The maximum absolute atomic E-state index is 13.7. The largest absolute Gasteiger partial charge is 0.325 e. The highest BCUT2D eigenvalue weighted by Crippen LogP contribution is 2.31. The number of carbonyl (C=O) groups excluding carboxylic acids is 2. The minimum Gasteiger partial charge on any atom is -0.325 e. The Bertz CT molecular complexity index is 1390. The second-order valence-electron chi connectivity index (χ2n) is 7.52. The lowest BCUT2D eigenvalue weighted by atomic mass is 10.1. The summed E-state index contributed by atoms with van der Waals surface area (Å²) in [6.45, 7) is 3.95. The number of nitrogens with zero attached hydrogens (tertiary/aromatic N) is 1. The van der Waals surface area contributed by atoms with E-state index in [0.717, 1.165) is 43.5 Å². The molecule has 4 rings (SSSR count). The lowest BCUT2D eigenvalue weighted by molar-refractivity contribution is -0.113. The molecule has 1 heterocycles. The second kappa shape index (κ2) is 10.2. The molecule has 0 fully saturated rings. The molecule has 0 bridgehead atoms. The van der Waals surface area contributed by atoms with Gasteiger partial charge in [0.15, 0.2) is 4.34 Å². The average molecular weight is 499 g/mol. The van der Waals surface area contributed by atoms with Crippen molar-refractivity contribution in [1.29, 1.82) is 0 Å². The van der Waals surface area contributed by atoms with E-state index in [1.807, 2.05) is 32.0 Å². The number of rotatable bonds is 6. The number of fused-ring (bicyclic) bond motifs is 1. The van der Waals surface area contributed by atoms with Gasteiger partial charge in [-0.15, -0.1) is 11.3 Å². The maximum atomic E-state index is 13.7. The van der Waals surface area contributed by atoms with E-state index in [1.165, 1.54) is 23.1 Å². The molecule has 3 aromatic carbocycles. The predicted octanol–water partition coefficient (Wildman–Crippen LogP) is 6.57. The summed E-state index contributed by atoms with van der Waals surface area (Å²) < 4.78 is 28.3. The van der Waals surface area contributed by atoms with Crippen molar-refractivity contribution in [1.82, 2.24) is 4.98 Å². The Kier molecular flexibility index (Phi) is 7.09. The van der Waals surface area contributed by atoms with Crippen LogP contribution in [0.25, 0.3) is 10.2 Å². The Morgan fingerprint density at radius 2 is 1.74 bits per heavy atom. The van der Waals surface area contributed by atoms with Gasteiger partial charge in [-0.1, -0.05) is 29.5 Å². The van der Waals surface area contributed by atoms with E-state index in [9.17, 15) is 18.4 Å². The number of hydrogen-bond donors (Lipinski definition) is 3. The number of anilines is 3. The minimum atomic E-state index is -0.865. The number of nitrogens with one attached hydrogen (secondary N) is 3. The summed E-state index contributed by atoms with van der Waals surface area (Å²) in [6.07, 6.45) is 0. The first kappa shape index (κ1) is 23.7. The Morgan fingerprint density at radius 3 is 2.50 bits per heavy atom. The van der Waals surface area contributed by atoms with Gasteiger partial charge in [0, 0.05) is 17.4 Å². The fourth-order valence-corrected chi connectivity index (χ4v) is 5.09. The van der Waals surface area contributed by atoms with Crippen molar-refractivity contribution in [3.05, 3.63) is 77.4 Å². The molecule has 0 saturated heterocycles. The van der Waals surface area contributed by atoms with Gasteiger partial charge in [0.1, 0.15) is 11.6 Å². The highest BCUT2D eigenvalue weighted by Gasteiger charge is 2.12. The molecule has 0 aliphatic heterocycles. The standard InChI is InChI=1S/C24H20F2N4O2S2/c1-13-3-6-18(14(2)9-13)28-22(31)12-33-24-30-20-8-5-16(11-21(20)34-24)27-23(32)29-19-7-4-15(25)10-17(19)26/h3-11H,12H2,1-2H3,(H,28,31)(H2,27,29,32). The van der Waals surface area contributed by atoms with Gasteiger partial charge in [-0.25, -0.2) is 18.6 Å². The molecule has 6 nitrogen and oxygen atoms in total. The predicted molar refractivity (Wildman–Crippen MR) is 134 cm³/mol. The summed E-state index contributed by atoms with van der Waals surface area (Å²) in [5.74, 6) is -1.50. The zero-order valence-electron chi connectivity index (χ0n) is 18.2. The Labute approximate surface area is 202 Å². The monoisotopic (exact) mass is 498 g/mol. The third kappa shape index (κ3) is 5.89. The van der Waals surface area contributed by atoms with Crippen molar-refractivity contribution in [3.8, 4) is 0 Å². The van der Waals surface area contributed by atoms with Gasteiger partial charge in [0.25, 0.3) is 0 Å². The molecule has 0 aliphatic carbocycles. The van der Waals surface area contributed by atoms with Gasteiger partial charge in [-0.3, -0.25) is 4.79 Å². The quantitative estimate of drug-likeness (QED) is 0.263. The summed E-state index contributed by atoms with van der Waals surface area (Å²) >= 11 is 2.73. The van der Waals surface area contributed by atoms with E-state index in [4.69, 9.17) is 0 Å². The Morgan fingerprint density at radius 1 is 0.941 bits per heavy atom. The highest BCUT2D eigenvalue weighted by atomic mass is 32.2. The van der Waals surface area contributed by atoms with Gasteiger partial charge in [0.05, 0.1) is 21.7 Å². The van der Waals surface area contributed by atoms with Crippen LogP contribution in [0, 0.1) is 25.5 Å². The van der Waals surface area contributed by atoms with E-state index in [-0.39, 0.29) is 17.3 Å². The number of aromatic nitrogens is 1. The topological polar surface area (TPSA) is 83.1 Å². The number of halogens is 2. The van der Waals surface area contributed by atoms with Crippen molar-refractivity contribution in [3.63, 3.8) is 0 Å². The molecule has 3 amide bonds. The van der Waals surface area contributed by atoms with E-state index >= 15 is 0 Å². The molecule has 174 valence electrons. The van der Waals surface area contributed by atoms with Crippen LogP contribution in [0.1, 0.15) is 11.1 Å². The molecule has 0 radical (unpaired) electrons. The van der Waals surface area contributed by atoms with E-state index < -0.39 is 17.7 Å². The number of urea groups is 1. The first-order chi connectivity index (χ1) is 16.3. The molecule has 34 heavy (non-hydrogen) atoms. The van der Waals surface area contributed by atoms with Crippen LogP contribution in [0.15, 0.2) is 58.9 Å². The molecule has 0 unspecified atom stereocenters. The summed E-state index contributed by atoms with van der Waals surface area (Å²) in [6, 6.07) is 13.3. The van der Waals surface area contributed by atoms with Gasteiger partial charge in [0.2, 0.25) is 5.91 Å². The Hall–Kier alpha value is -3.50. The summed E-state index contributed by atoms with van der Waals surface area (Å²) in [5.41, 5.74) is 4.02. The van der Waals surface area contributed by atoms with Crippen LogP contribution in [0.3, 0.4) is 0 Å². The van der Waals surface area contributed by atoms with Crippen molar-refractivity contribution in [2.45, 2.75) is 18.2 Å². The van der Waals surface area contributed by atoms with Gasteiger partial charge < -0.3 is 16.0 Å². The van der Waals surface area contributed by atoms with Gasteiger partial charge >= 0.3 is 6.03 Å². The van der Waals surface area contributed by atoms with Gasteiger partial charge in [-0.2, -0.15) is 0 Å². The lowest BCUT2D eigenvalue weighted by Crippen LogP contribution is -2.20. The number of hydrogen-bond acceptors (Lipinski definition) is 5. The number of benzene rings is 3. The number of thioether (sulfide) groups is 1. The van der Waals surface area contributed by atoms with Crippen LogP contribution in [0.2, 0.25) is 0 Å². The average Bonchev–Trinajstić information content (AvgIpc) is 3.18. The van der Waals surface area contributed by atoms with Crippen LogP contribution in [0.5, 0.6) is 0 Å². The molecule has 0 aliphatic rings. The molecule has 0 atom stereocenters. The molecule has 10 heteroatoms. The number of amides is 3. The molecular formula is C24H20F2N4O2S2. The maximum Gasteiger partial charge on any atom is 0.323 e. The van der Waals surface area contributed by atoms with Crippen molar-refractivity contribution < 1.29 is 18.4 Å². The summed E-state index contributed by atoms with van der Waals surface area (Å²) in [4.78, 5) is 29.1. The second-order valence-corrected chi connectivity index (χ2v) is 9.77. The first-order valence-electron chi connectivity index (χ1n) is 10.2. The normalized spacial score (nSPS) is 10.8. The zero-order valence-corrected chi connectivity index (χ0v) is 19.9. The number of aryl methyl sites for hydroxylation is 2. The number of thiazole rings is 1. The SMILES string of the molecule is Cc1ccc(NC(=O)CSc2nc3ccc(NC(=O)Nc4ccc(F)cc4F)cc3s2)c(C)c1. The zero-order chi connectivity index (χ0) is 24.2. The van der Waals surface area contributed by atoms with Crippen molar-refractivity contribution >= 4 is 62.3 Å². The first-order valence-corrected chi connectivity index (χ1v) is 12.0. The minimum absolute atomic E-state index is 0.122. The van der Waals surface area contributed by atoms with E-state index in [1.54, 1.807) is 18.2 Å². The summed E-state index contributed by atoms with van der Waals surface area (Å²) in [7, 11) is 0. The highest BCUT2D eigenvalue weighted by molar-refractivity contribution is 8.01. The molecule has 0 spiro atoms. The third-order valence-corrected chi connectivity index (χ3v) is 6.95. The molecule has 1 aromatic heterocycles. The van der Waals surface area contributed by atoms with Crippen LogP contribution in [0.4, 0.5) is 30.6 Å². The van der Waals surface area contributed by atoms with E-state index in [2.05, 4.69) is 20.9 Å². The fourth-order valence-electron chi connectivity index (χ4n) is 3.19. The van der Waals surface area contributed by atoms with Crippen molar-refractivity contribution in [2.75, 3.05) is 21.7 Å². The van der Waals surface area contributed by atoms with Crippen LogP contribution < -0.4 is 16.0 Å². The van der Waals surface area contributed by atoms with Crippen LogP contribution in [-0.2, 0) is 4.79 Å². The smallest absolute Gasteiger partial charge is 0.323 e. The molecular weight excluding hydrogens is 478 g/mol. The molecule has 0 saturated carbocycles. The number of carbonyl (C=O) groups is 2. The van der Waals surface area contributed by atoms with Crippen LogP contribution >= 0.6 is 23.1 Å².